The molecule has 0 heterocycles. The van der Waals surface area contributed by atoms with Gasteiger partial charge in [-0.3, -0.25) is 4.79 Å². The highest BCUT2D eigenvalue weighted by molar-refractivity contribution is 7.99. The fourth-order valence-electron chi connectivity index (χ4n) is 3.44. The maximum absolute atomic E-state index is 12.0. The molecule has 0 radical (unpaired) electrons. The van der Waals surface area contributed by atoms with E-state index in [1.54, 1.807) is 0 Å². The Morgan fingerprint density at radius 1 is 0.950 bits per heavy atom. The molecular weight excluding hydrogens is 268 g/mol. The van der Waals surface area contributed by atoms with Crippen molar-refractivity contribution in [3.63, 3.8) is 0 Å². The van der Waals surface area contributed by atoms with Crippen molar-refractivity contribution in [2.45, 2.75) is 81.5 Å². The van der Waals surface area contributed by atoms with Crippen LogP contribution in [0.4, 0.5) is 0 Å². The molecule has 0 spiro atoms. The minimum atomic E-state index is 0.198. The van der Waals surface area contributed by atoms with Crippen molar-refractivity contribution in [3.05, 3.63) is 0 Å². The molecule has 0 unspecified atom stereocenters. The molecule has 3 nitrogen and oxygen atoms in total. The quantitative estimate of drug-likeness (QED) is 0.766. The first-order chi connectivity index (χ1) is 9.78. The van der Waals surface area contributed by atoms with E-state index in [-0.39, 0.29) is 5.91 Å². The maximum atomic E-state index is 12.0. The van der Waals surface area contributed by atoms with Gasteiger partial charge < -0.3 is 10.6 Å². The van der Waals surface area contributed by atoms with E-state index in [0.717, 1.165) is 5.25 Å². The summed E-state index contributed by atoms with van der Waals surface area (Å²) < 4.78 is 0. The van der Waals surface area contributed by atoms with Gasteiger partial charge >= 0.3 is 0 Å². The molecule has 0 aromatic heterocycles. The van der Waals surface area contributed by atoms with Crippen LogP contribution in [0, 0.1) is 0 Å². The monoisotopic (exact) mass is 298 g/mol. The Morgan fingerprint density at radius 3 is 2.20 bits per heavy atom. The second kappa shape index (κ2) is 8.93. The lowest BCUT2D eigenvalue weighted by Crippen LogP contribution is -2.44. The lowest BCUT2D eigenvalue weighted by Gasteiger charge is -2.28. The molecule has 2 rings (SSSR count). The van der Waals surface area contributed by atoms with Crippen molar-refractivity contribution in [2.75, 3.05) is 12.8 Å². The van der Waals surface area contributed by atoms with Gasteiger partial charge in [-0.25, -0.2) is 0 Å². The molecule has 2 fully saturated rings. The van der Waals surface area contributed by atoms with E-state index in [4.69, 9.17) is 0 Å². The lowest BCUT2D eigenvalue weighted by molar-refractivity contribution is -0.121. The molecule has 4 heteroatoms. The summed E-state index contributed by atoms with van der Waals surface area (Å²) in [5.74, 6) is 0.198. The number of hydrogen-bond donors (Lipinski definition) is 2. The Kier molecular flexibility index (Phi) is 7.22. The van der Waals surface area contributed by atoms with Gasteiger partial charge in [0.25, 0.3) is 0 Å². The lowest BCUT2D eigenvalue weighted by atomic mass is 9.95. The minimum Gasteiger partial charge on any atom is -0.352 e. The van der Waals surface area contributed by atoms with Crippen LogP contribution in [0.5, 0.6) is 0 Å². The zero-order valence-corrected chi connectivity index (χ0v) is 13.6. The summed E-state index contributed by atoms with van der Waals surface area (Å²) in [6.45, 7) is 0.505. The second-order valence-corrected chi connectivity index (χ2v) is 7.48. The Morgan fingerprint density at radius 2 is 1.60 bits per heavy atom. The van der Waals surface area contributed by atoms with E-state index in [1.165, 1.54) is 64.2 Å². The number of amides is 1. The van der Waals surface area contributed by atoms with Gasteiger partial charge in [-0.1, -0.05) is 25.7 Å². The molecule has 0 saturated heterocycles. The van der Waals surface area contributed by atoms with Gasteiger partial charge in [-0.05, 0) is 44.8 Å². The van der Waals surface area contributed by atoms with Gasteiger partial charge in [-0.2, -0.15) is 11.8 Å². The highest BCUT2D eigenvalue weighted by Gasteiger charge is 2.21. The Balaban J connectivity index is 1.60. The molecule has 2 aliphatic carbocycles. The third-order valence-electron chi connectivity index (χ3n) is 4.78. The second-order valence-electron chi connectivity index (χ2n) is 6.35. The molecule has 0 aromatic rings. The SMILES string of the molecule is CSC1CCC(NCC(=O)NC2CCCCCC2)CC1. The molecule has 20 heavy (non-hydrogen) atoms. The number of thioether (sulfide) groups is 1. The van der Waals surface area contributed by atoms with Gasteiger partial charge in [0.2, 0.25) is 5.91 Å². The van der Waals surface area contributed by atoms with Crippen LogP contribution in [0.2, 0.25) is 0 Å². The molecular formula is C16H30N2OS. The zero-order valence-electron chi connectivity index (χ0n) is 12.8. The predicted molar refractivity (Wildman–Crippen MR) is 87.2 cm³/mol. The third kappa shape index (κ3) is 5.65. The first-order valence-electron chi connectivity index (χ1n) is 8.33. The van der Waals surface area contributed by atoms with Crippen LogP contribution in [0.3, 0.4) is 0 Å². The largest absolute Gasteiger partial charge is 0.352 e. The van der Waals surface area contributed by atoms with Crippen LogP contribution in [0.15, 0.2) is 0 Å². The minimum absolute atomic E-state index is 0.198. The number of carbonyl (C=O) groups is 1. The molecule has 1 amide bonds. The fourth-order valence-corrected chi connectivity index (χ4v) is 4.19. The van der Waals surface area contributed by atoms with Crippen LogP contribution in [-0.2, 0) is 4.79 Å². The number of rotatable bonds is 5. The molecule has 0 aromatic carbocycles. The van der Waals surface area contributed by atoms with Crippen molar-refractivity contribution in [1.29, 1.82) is 0 Å². The highest BCUT2D eigenvalue weighted by atomic mass is 32.2. The Hall–Kier alpha value is -0.220. The summed E-state index contributed by atoms with van der Waals surface area (Å²) in [4.78, 5) is 12.0. The summed E-state index contributed by atoms with van der Waals surface area (Å²) >= 11 is 1.99. The molecule has 0 bridgehead atoms. The van der Waals surface area contributed by atoms with Crippen LogP contribution >= 0.6 is 11.8 Å². The van der Waals surface area contributed by atoms with E-state index < -0.39 is 0 Å². The van der Waals surface area contributed by atoms with E-state index >= 15 is 0 Å². The molecule has 116 valence electrons. The van der Waals surface area contributed by atoms with Gasteiger partial charge in [0.05, 0.1) is 6.54 Å². The van der Waals surface area contributed by atoms with E-state index in [9.17, 15) is 4.79 Å². The standard InChI is InChI=1S/C16H30N2OS/c1-20-15-10-8-13(9-11-15)17-12-16(19)18-14-6-4-2-3-5-7-14/h13-15,17H,2-12H2,1H3,(H,18,19). The van der Waals surface area contributed by atoms with Crippen molar-refractivity contribution in [3.8, 4) is 0 Å². The van der Waals surface area contributed by atoms with Gasteiger partial charge in [0.1, 0.15) is 0 Å². The Bertz CT molecular complexity index is 282. The van der Waals surface area contributed by atoms with Crippen molar-refractivity contribution < 1.29 is 4.79 Å². The maximum Gasteiger partial charge on any atom is 0.234 e. The molecule has 2 aliphatic rings. The van der Waals surface area contributed by atoms with Crippen LogP contribution in [-0.4, -0.2) is 36.0 Å². The summed E-state index contributed by atoms with van der Waals surface area (Å²) in [7, 11) is 0. The number of hydrogen-bond acceptors (Lipinski definition) is 3. The summed E-state index contributed by atoms with van der Waals surface area (Å²) in [6, 6.07) is 0.984. The van der Waals surface area contributed by atoms with Gasteiger partial charge in [0.15, 0.2) is 0 Å². The first-order valence-corrected chi connectivity index (χ1v) is 9.62. The molecule has 2 saturated carbocycles. The summed E-state index contributed by atoms with van der Waals surface area (Å²) in [5.41, 5.74) is 0. The third-order valence-corrected chi connectivity index (χ3v) is 5.92. The van der Waals surface area contributed by atoms with E-state index in [2.05, 4.69) is 16.9 Å². The average molecular weight is 298 g/mol. The van der Waals surface area contributed by atoms with Crippen molar-refractivity contribution in [1.82, 2.24) is 10.6 Å². The van der Waals surface area contributed by atoms with E-state index in [1.807, 2.05) is 11.8 Å². The van der Waals surface area contributed by atoms with Gasteiger partial charge in [0, 0.05) is 17.3 Å². The molecule has 0 aliphatic heterocycles. The van der Waals surface area contributed by atoms with Crippen LogP contribution in [0.25, 0.3) is 0 Å². The highest BCUT2D eigenvalue weighted by Crippen LogP contribution is 2.26. The van der Waals surface area contributed by atoms with Crippen molar-refractivity contribution >= 4 is 17.7 Å². The molecule has 2 N–H and O–H groups in total. The smallest absolute Gasteiger partial charge is 0.234 e. The van der Waals surface area contributed by atoms with Gasteiger partial charge in [-0.15, -0.1) is 0 Å². The fraction of sp³-hybridized carbons (Fsp3) is 0.938. The zero-order chi connectivity index (χ0) is 14.2. The summed E-state index contributed by atoms with van der Waals surface area (Å²) in [5, 5.41) is 7.50. The topological polar surface area (TPSA) is 41.1 Å². The predicted octanol–water partition coefficient (Wildman–Crippen LogP) is 3.09. The van der Waals surface area contributed by atoms with E-state index in [0.29, 0.717) is 18.6 Å². The molecule has 0 atom stereocenters. The van der Waals surface area contributed by atoms with Crippen molar-refractivity contribution in [2.24, 2.45) is 0 Å². The Labute approximate surface area is 128 Å². The first kappa shape index (κ1) is 16.2. The number of nitrogens with one attached hydrogen (secondary N) is 2. The van der Waals surface area contributed by atoms with Crippen LogP contribution < -0.4 is 10.6 Å². The average Bonchev–Trinajstić information content (AvgIpc) is 2.74. The summed E-state index contributed by atoms with van der Waals surface area (Å²) in [6.07, 6.45) is 14.8. The van der Waals surface area contributed by atoms with Crippen LogP contribution in [0.1, 0.15) is 64.2 Å². The normalized spacial score (nSPS) is 28.9. The number of carbonyl (C=O) groups excluding carboxylic acids is 1.